The first-order valence-corrected chi connectivity index (χ1v) is 19.9. The van der Waals surface area contributed by atoms with E-state index in [1.165, 1.54) is 29.8 Å². The van der Waals surface area contributed by atoms with E-state index in [1.807, 2.05) is 6.92 Å². The standard InChI is InChI=1S/C40H55F2N7O10/c1-6-7-8-9-14-33(50)44-28(19-25-17-26(41)20-27(42)18-25)35(52)45-29-22-59-40(57)31-13-11-16-49(31)37(54)24(2)43-36(53)32(23-58-34(51)21-46(3)4)47(5)39(56)30-12-10-15-48(30)38(29)55/h9,14,17-18,20,24,28-32H,6-8,10-13,15-16,19,21-23H2,1-5H3,(H,43,53)(H,44,50)(H,45,52)/t24-,28-,29-,30-,31-,32-/m0/s1. The first-order chi connectivity index (χ1) is 28.0. The number of hydrogen-bond donors (Lipinski definition) is 3. The molecule has 0 aliphatic carbocycles. The molecule has 1 aromatic carbocycles. The first-order valence-electron chi connectivity index (χ1n) is 19.9. The van der Waals surface area contributed by atoms with Crippen LogP contribution in [0.1, 0.15) is 64.4 Å². The van der Waals surface area contributed by atoms with Gasteiger partial charge in [-0.15, -0.1) is 0 Å². The Balaban J connectivity index is 1.69. The van der Waals surface area contributed by atoms with E-state index in [9.17, 15) is 47.1 Å². The minimum absolute atomic E-state index is 0.0214. The van der Waals surface area contributed by atoms with E-state index >= 15 is 0 Å². The van der Waals surface area contributed by atoms with Crippen LogP contribution >= 0.6 is 0 Å². The van der Waals surface area contributed by atoms with Gasteiger partial charge in [-0.1, -0.05) is 25.8 Å². The van der Waals surface area contributed by atoms with Crippen LogP contribution in [0.3, 0.4) is 0 Å². The maximum atomic E-state index is 14.4. The lowest BCUT2D eigenvalue weighted by molar-refractivity contribution is -0.158. The van der Waals surface area contributed by atoms with Crippen molar-refractivity contribution in [1.82, 2.24) is 35.6 Å². The van der Waals surface area contributed by atoms with Crippen LogP contribution in [0.25, 0.3) is 0 Å². The highest BCUT2D eigenvalue weighted by Crippen LogP contribution is 2.24. The number of ether oxygens (including phenoxy) is 2. The molecule has 0 saturated carbocycles. The number of nitrogens with one attached hydrogen (secondary N) is 3. The van der Waals surface area contributed by atoms with Gasteiger partial charge < -0.3 is 40.1 Å². The fourth-order valence-electron chi connectivity index (χ4n) is 7.23. The summed E-state index contributed by atoms with van der Waals surface area (Å²) in [4.78, 5) is 114. The number of esters is 2. The number of amides is 6. The number of unbranched alkanes of at least 4 members (excludes halogenated alkanes) is 2. The van der Waals surface area contributed by atoms with E-state index in [0.717, 1.165) is 29.9 Å². The summed E-state index contributed by atoms with van der Waals surface area (Å²) in [6.45, 7) is 2.14. The van der Waals surface area contributed by atoms with Crippen LogP contribution < -0.4 is 16.0 Å². The zero-order valence-electron chi connectivity index (χ0n) is 34.2. The monoisotopic (exact) mass is 831 g/mol. The number of hydrogen-bond acceptors (Lipinski definition) is 11. The molecule has 3 fully saturated rings. The minimum atomic E-state index is -1.64. The van der Waals surface area contributed by atoms with Gasteiger partial charge in [-0.2, -0.15) is 0 Å². The molecule has 3 aliphatic heterocycles. The molecular weight excluding hydrogens is 776 g/mol. The molecule has 6 atom stereocenters. The highest BCUT2D eigenvalue weighted by Gasteiger charge is 2.44. The quantitative estimate of drug-likeness (QED) is 0.139. The highest BCUT2D eigenvalue weighted by molar-refractivity contribution is 5.98. The number of cyclic esters (lactones) is 1. The number of halogens is 2. The second-order valence-corrected chi connectivity index (χ2v) is 15.3. The average molecular weight is 832 g/mol. The summed E-state index contributed by atoms with van der Waals surface area (Å²) in [5.74, 6) is -8.04. The Kier molecular flexibility index (Phi) is 16.9. The summed E-state index contributed by atoms with van der Waals surface area (Å²) in [5.41, 5.74) is 0.0214. The first kappa shape index (κ1) is 46.2. The summed E-state index contributed by atoms with van der Waals surface area (Å²) in [5, 5.41) is 7.65. The van der Waals surface area contributed by atoms with Gasteiger partial charge in [-0.25, -0.2) is 13.6 Å². The molecule has 0 radical (unpaired) electrons. The van der Waals surface area contributed by atoms with Gasteiger partial charge in [0.2, 0.25) is 35.4 Å². The topological polar surface area (TPSA) is 204 Å². The van der Waals surface area contributed by atoms with E-state index in [1.54, 1.807) is 25.1 Å². The highest BCUT2D eigenvalue weighted by atomic mass is 19.1. The number of carbonyl (C=O) groups excluding carboxylic acids is 8. The van der Waals surface area contributed by atoms with Crippen molar-refractivity contribution in [3.8, 4) is 0 Å². The number of likely N-dealkylation sites (N-methyl/N-ethyl adjacent to an activating group) is 2. The predicted molar refractivity (Wildman–Crippen MR) is 207 cm³/mol. The fraction of sp³-hybridized carbons (Fsp3) is 0.600. The molecule has 0 bridgehead atoms. The van der Waals surface area contributed by atoms with Crippen LogP contribution in [0.15, 0.2) is 30.4 Å². The molecule has 0 spiro atoms. The summed E-state index contributed by atoms with van der Waals surface area (Å²) in [6, 6.07) is -5.36. The van der Waals surface area contributed by atoms with Crippen molar-refractivity contribution in [3.05, 3.63) is 47.5 Å². The summed E-state index contributed by atoms with van der Waals surface area (Å²) in [6.07, 6.45) is 5.80. The average Bonchev–Trinajstić information content (AvgIpc) is 3.87. The van der Waals surface area contributed by atoms with Crippen LogP contribution in [0.2, 0.25) is 0 Å². The lowest BCUT2D eigenvalue weighted by atomic mass is 10.0. The molecule has 6 amide bonds. The van der Waals surface area contributed by atoms with Crippen LogP contribution in [0, 0.1) is 11.6 Å². The number of nitrogens with zero attached hydrogens (tertiary/aromatic N) is 4. The fourth-order valence-corrected chi connectivity index (χ4v) is 7.23. The Labute approximate surface area is 342 Å². The molecule has 19 heteroatoms. The van der Waals surface area contributed by atoms with Crippen LogP contribution in [-0.2, 0) is 54.3 Å². The lowest BCUT2D eigenvalue weighted by Crippen LogP contribution is -2.61. The maximum absolute atomic E-state index is 14.4. The predicted octanol–water partition coefficient (Wildman–Crippen LogP) is 0.199. The molecule has 3 aliphatic rings. The van der Waals surface area contributed by atoms with Crippen molar-refractivity contribution in [2.45, 2.75) is 101 Å². The van der Waals surface area contributed by atoms with E-state index in [0.29, 0.717) is 25.3 Å². The molecule has 59 heavy (non-hydrogen) atoms. The molecule has 3 saturated heterocycles. The zero-order valence-corrected chi connectivity index (χ0v) is 34.2. The second kappa shape index (κ2) is 21.5. The number of benzene rings is 1. The Morgan fingerprint density at radius 2 is 1.63 bits per heavy atom. The van der Waals surface area contributed by atoms with Gasteiger partial charge in [0.05, 0.1) is 6.54 Å². The third kappa shape index (κ3) is 12.8. The van der Waals surface area contributed by atoms with Gasteiger partial charge in [0.25, 0.3) is 0 Å². The van der Waals surface area contributed by atoms with E-state index in [4.69, 9.17) is 9.47 Å². The normalized spacial score (nSPS) is 23.8. The van der Waals surface area contributed by atoms with Crippen LogP contribution in [0.4, 0.5) is 8.78 Å². The molecule has 1 aromatic rings. The van der Waals surface area contributed by atoms with Gasteiger partial charge in [0.15, 0.2) is 0 Å². The molecule has 17 nitrogen and oxygen atoms in total. The van der Waals surface area contributed by atoms with Crippen molar-refractivity contribution in [2.75, 3.05) is 54.0 Å². The summed E-state index contributed by atoms with van der Waals surface area (Å²) >= 11 is 0. The second-order valence-electron chi connectivity index (χ2n) is 15.3. The Morgan fingerprint density at radius 3 is 2.27 bits per heavy atom. The van der Waals surface area contributed by atoms with Gasteiger partial charge in [0.1, 0.15) is 61.1 Å². The molecule has 324 valence electrons. The third-order valence-corrected chi connectivity index (χ3v) is 10.3. The molecule has 0 unspecified atom stereocenters. The summed E-state index contributed by atoms with van der Waals surface area (Å²) in [7, 11) is 4.58. The van der Waals surface area contributed by atoms with Crippen molar-refractivity contribution in [2.24, 2.45) is 0 Å². The Morgan fingerprint density at radius 1 is 0.983 bits per heavy atom. The van der Waals surface area contributed by atoms with E-state index in [-0.39, 0.29) is 38.0 Å². The van der Waals surface area contributed by atoms with Gasteiger partial charge in [-0.3, -0.25) is 38.5 Å². The van der Waals surface area contributed by atoms with Gasteiger partial charge >= 0.3 is 11.9 Å². The van der Waals surface area contributed by atoms with Crippen LogP contribution in [0.5, 0.6) is 0 Å². The number of carbonyl (C=O) groups is 8. The van der Waals surface area contributed by atoms with Crippen molar-refractivity contribution < 1.29 is 56.6 Å². The maximum Gasteiger partial charge on any atom is 0.328 e. The zero-order chi connectivity index (χ0) is 43.4. The van der Waals surface area contributed by atoms with Gasteiger partial charge in [-0.05, 0) is 76.9 Å². The minimum Gasteiger partial charge on any atom is -0.462 e. The van der Waals surface area contributed by atoms with Gasteiger partial charge in [0, 0.05) is 32.6 Å². The summed E-state index contributed by atoms with van der Waals surface area (Å²) < 4.78 is 39.4. The lowest BCUT2D eigenvalue weighted by Gasteiger charge is -2.35. The Bertz CT molecular complexity index is 1760. The van der Waals surface area contributed by atoms with E-state index in [2.05, 4.69) is 16.0 Å². The molecule has 3 heterocycles. The molecule has 0 aromatic heterocycles. The van der Waals surface area contributed by atoms with Crippen LogP contribution in [-0.4, -0.2) is 157 Å². The largest absolute Gasteiger partial charge is 0.462 e. The van der Waals surface area contributed by atoms with E-state index < -0.39 is 115 Å². The number of rotatable bonds is 13. The third-order valence-electron chi connectivity index (χ3n) is 10.3. The molecular formula is C40H55F2N7O10. The Hall–Kier alpha value is -5.46. The number of allylic oxidation sites excluding steroid dienone is 1. The van der Waals surface area contributed by atoms with Crippen molar-refractivity contribution >= 4 is 47.4 Å². The number of fused-ring (bicyclic) bond motifs is 2. The van der Waals surface area contributed by atoms with Crippen molar-refractivity contribution in [1.29, 1.82) is 0 Å². The molecule has 3 N–H and O–H groups in total. The smallest absolute Gasteiger partial charge is 0.328 e. The molecule has 4 rings (SSSR count). The SMILES string of the molecule is CCCCC=CC(=O)N[C@@H](Cc1cc(F)cc(F)c1)C(=O)N[C@H]1COC(=O)[C@@H]2CCCN2C(=O)[C@H](C)NC(=O)[C@H](COC(=O)CN(C)C)N(C)C(=O)[C@@H]2CCCN2C1=O. The van der Waals surface area contributed by atoms with Crippen molar-refractivity contribution in [3.63, 3.8) is 0 Å².